The van der Waals surface area contributed by atoms with Crippen molar-refractivity contribution in [1.82, 2.24) is 34.7 Å². The molecule has 1 atom stereocenters. The predicted octanol–water partition coefficient (Wildman–Crippen LogP) is 3.80. The molecule has 0 bridgehead atoms. The summed E-state index contributed by atoms with van der Waals surface area (Å²) in [5.41, 5.74) is 3.68. The smallest absolute Gasteiger partial charge is 0.311 e. The normalized spacial score (nSPS) is 17.7. The average molecular weight is 552 g/mol. The number of esters is 1. The first kappa shape index (κ1) is 26.7. The fourth-order valence-corrected chi connectivity index (χ4v) is 5.02. The lowest BCUT2D eigenvalue weighted by atomic mass is 9.99. The molecule has 4 aromatic rings. The molecule has 3 aromatic heterocycles. The van der Waals surface area contributed by atoms with Gasteiger partial charge in [0.15, 0.2) is 5.82 Å². The number of hydrogen-bond donors (Lipinski definition) is 2. The number of nitrogens with one attached hydrogen (secondary N) is 2. The molecule has 0 amide bonds. The molecule has 2 aliphatic rings. The van der Waals surface area contributed by atoms with Crippen molar-refractivity contribution in [3.63, 3.8) is 0 Å². The van der Waals surface area contributed by atoms with Gasteiger partial charge in [-0.1, -0.05) is 18.2 Å². The number of carbonyl (C=O) groups excluding carboxylic acids is 1. The highest BCUT2D eigenvalue weighted by Crippen LogP contribution is 2.24. The molecule has 5 heterocycles. The van der Waals surface area contributed by atoms with Crippen molar-refractivity contribution in [2.75, 3.05) is 43.9 Å². The van der Waals surface area contributed by atoms with Crippen LogP contribution in [0.2, 0.25) is 0 Å². The molecule has 0 unspecified atom stereocenters. The van der Waals surface area contributed by atoms with E-state index < -0.39 is 0 Å². The van der Waals surface area contributed by atoms with E-state index >= 15 is 0 Å². The third-order valence-electron chi connectivity index (χ3n) is 7.22. The van der Waals surface area contributed by atoms with Crippen LogP contribution in [0.1, 0.15) is 17.7 Å². The number of carbonyl (C=O) groups is 1. The first-order valence-corrected chi connectivity index (χ1v) is 13.8. The number of pyridine rings is 1. The van der Waals surface area contributed by atoms with Crippen LogP contribution in [0.15, 0.2) is 67.0 Å². The highest BCUT2D eigenvalue weighted by atomic mass is 16.5. The van der Waals surface area contributed by atoms with E-state index in [1.165, 1.54) is 5.56 Å². The summed E-state index contributed by atoms with van der Waals surface area (Å²) < 4.78 is 5.68. The van der Waals surface area contributed by atoms with Crippen molar-refractivity contribution in [1.29, 1.82) is 0 Å². The zero-order valence-corrected chi connectivity index (χ0v) is 23.2. The maximum absolute atomic E-state index is 12.4. The van der Waals surface area contributed by atoms with Gasteiger partial charge in [0, 0.05) is 56.5 Å². The van der Waals surface area contributed by atoms with Gasteiger partial charge in [-0.2, -0.15) is 4.98 Å². The van der Waals surface area contributed by atoms with Crippen molar-refractivity contribution in [2.24, 2.45) is 5.92 Å². The highest BCUT2D eigenvalue weighted by Gasteiger charge is 2.35. The van der Waals surface area contributed by atoms with Crippen LogP contribution in [0.25, 0.3) is 11.5 Å². The molecule has 11 nitrogen and oxygen atoms in total. The molecule has 6 rings (SSSR count). The van der Waals surface area contributed by atoms with Gasteiger partial charge in [-0.05, 0) is 62.4 Å². The van der Waals surface area contributed by atoms with E-state index in [1.807, 2.05) is 37.3 Å². The van der Waals surface area contributed by atoms with Gasteiger partial charge in [-0.3, -0.25) is 9.69 Å². The Labute approximate surface area is 239 Å². The van der Waals surface area contributed by atoms with E-state index in [0.717, 1.165) is 50.5 Å². The summed E-state index contributed by atoms with van der Waals surface area (Å²) in [7, 11) is 2.06. The number of benzene rings is 1. The molecule has 0 spiro atoms. The fraction of sp³-hybridized carbons (Fsp3) is 0.333. The van der Waals surface area contributed by atoms with Crippen molar-refractivity contribution in [2.45, 2.75) is 26.0 Å². The van der Waals surface area contributed by atoms with E-state index in [9.17, 15) is 4.79 Å². The Morgan fingerprint density at radius 1 is 0.927 bits per heavy atom. The van der Waals surface area contributed by atoms with E-state index in [2.05, 4.69) is 64.5 Å². The molecule has 0 radical (unpaired) electrons. The van der Waals surface area contributed by atoms with Crippen LogP contribution in [-0.2, 0) is 16.1 Å². The monoisotopic (exact) mass is 551 g/mol. The molecule has 2 fully saturated rings. The Morgan fingerprint density at radius 3 is 2.46 bits per heavy atom. The first-order chi connectivity index (χ1) is 20.0. The van der Waals surface area contributed by atoms with Gasteiger partial charge in [0.2, 0.25) is 5.95 Å². The molecule has 2 saturated heterocycles. The Morgan fingerprint density at radius 2 is 1.71 bits per heavy atom. The molecule has 2 aliphatic heterocycles. The number of hydrogen-bond acceptors (Lipinski definition) is 11. The van der Waals surface area contributed by atoms with Gasteiger partial charge in [0.1, 0.15) is 23.4 Å². The molecule has 2 N–H and O–H groups in total. The fourth-order valence-electron chi connectivity index (χ4n) is 5.02. The van der Waals surface area contributed by atoms with Crippen LogP contribution in [0.5, 0.6) is 0 Å². The van der Waals surface area contributed by atoms with E-state index in [4.69, 9.17) is 4.74 Å². The van der Waals surface area contributed by atoms with E-state index in [-0.39, 0.29) is 18.0 Å². The molecule has 0 aliphatic carbocycles. The van der Waals surface area contributed by atoms with Crippen molar-refractivity contribution in [3.8, 4) is 11.5 Å². The second-order valence-corrected chi connectivity index (χ2v) is 10.6. The molecule has 11 heteroatoms. The minimum Gasteiger partial charge on any atom is -0.461 e. The molecule has 0 saturated carbocycles. The van der Waals surface area contributed by atoms with Crippen LogP contribution < -0.4 is 10.6 Å². The topological polar surface area (TPSA) is 121 Å². The number of anilines is 4. The number of ether oxygens (including phenoxy) is 1. The maximum Gasteiger partial charge on any atom is 0.311 e. The number of aromatic nitrogens is 5. The van der Waals surface area contributed by atoms with Crippen LogP contribution in [0.4, 0.5) is 23.3 Å². The molecule has 1 aromatic carbocycles. The first-order valence-electron chi connectivity index (χ1n) is 13.8. The second kappa shape index (κ2) is 11.9. The predicted molar refractivity (Wildman–Crippen MR) is 156 cm³/mol. The van der Waals surface area contributed by atoms with Crippen LogP contribution in [0, 0.1) is 12.8 Å². The summed E-state index contributed by atoms with van der Waals surface area (Å²) in [6.07, 6.45) is 4.36. The average Bonchev–Trinajstić information content (AvgIpc) is 3.36. The number of nitrogens with zero attached hydrogens (tertiary/aromatic N) is 7. The van der Waals surface area contributed by atoms with Gasteiger partial charge in [-0.25, -0.2) is 19.9 Å². The summed E-state index contributed by atoms with van der Waals surface area (Å²) in [6.45, 7) is 6.04. The highest BCUT2D eigenvalue weighted by molar-refractivity contribution is 5.74. The zero-order valence-electron chi connectivity index (χ0n) is 23.2. The number of aryl methyl sites for hydroxylation is 1. The second-order valence-electron chi connectivity index (χ2n) is 10.6. The quantitative estimate of drug-likeness (QED) is 0.295. The standard InChI is InChI=1S/C30H33N9O2/c1-20-4-3-5-25(33-20)28-31-13-10-26(36-28)35-27-11-14-32-30(37-27)34-23-8-6-21(7-9-23)16-39-17-22(18-39)29(40)41-24-12-15-38(2)19-24/h3-11,13-14,22,24H,12,15-19H2,1-2H3,(H2,31,32,34,35,36,37)/t24-/m0/s1. The Balaban J connectivity index is 1.00. The lowest BCUT2D eigenvalue weighted by Crippen LogP contribution is -2.50. The molecule has 210 valence electrons. The summed E-state index contributed by atoms with van der Waals surface area (Å²) in [4.78, 5) is 39.2. The molecular formula is C30H33N9O2. The lowest BCUT2D eigenvalue weighted by molar-refractivity contribution is -0.159. The van der Waals surface area contributed by atoms with Crippen LogP contribution in [0.3, 0.4) is 0 Å². The van der Waals surface area contributed by atoms with E-state index in [1.54, 1.807) is 24.5 Å². The SMILES string of the molecule is Cc1cccc(-c2nccc(Nc3ccnc(Nc4ccc(CN5CC(C(=O)O[C@H]6CCN(C)C6)C5)cc4)n3)n2)n1. The molecular weight excluding hydrogens is 518 g/mol. The summed E-state index contributed by atoms with van der Waals surface area (Å²) >= 11 is 0. The van der Waals surface area contributed by atoms with Crippen LogP contribution in [-0.4, -0.2) is 80.0 Å². The summed E-state index contributed by atoms with van der Waals surface area (Å²) in [5.74, 6) is 2.15. The van der Waals surface area contributed by atoms with Gasteiger partial charge in [-0.15, -0.1) is 0 Å². The van der Waals surface area contributed by atoms with Crippen LogP contribution >= 0.6 is 0 Å². The zero-order chi connectivity index (χ0) is 28.2. The third kappa shape index (κ3) is 6.82. The Kier molecular flexibility index (Phi) is 7.79. The van der Waals surface area contributed by atoms with Gasteiger partial charge >= 0.3 is 5.97 Å². The van der Waals surface area contributed by atoms with E-state index in [0.29, 0.717) is 29.1 Å². The maximum atomic E-state index is 12.4. The minimum atomic E-state index is -0.0544. The number of rotatable bonds is 9. The van der Waals surface area contributed by atoms with Gasteiger partial charge in [0.05, 0.1) is 5.92 Å². The van der Waals surface area contributed by atoms with Crippen molar-refractivity contribution >= 4 is 29.2 Å². The lowest BCUT2D eigenvalue weighted by Gasteiger charge is -2.38. The van der Waals surface area contributed by atoms with Crippen molar-refractivity contribution < 1.29 is 9.53 Å². The minimum absolute atomic E-state index is 0.0204. The van der Waals surface area contributed by atoms with Crippen molar-refractivity contribution in [3.05, 3.63) is 78.2 Å². The number of likely N-dealkylation sites (N-methyl/N-ethyl adjacent to an activating group) is 1. The largest absolute Gasteiger partial charge is 0.461 e. The molecule has 41 heavy (non-hydrogen) atoms. The summed E-state index contributed by atoms with van der Waals surface area (Å²) in [5, 5.41) is 6.48. The van der Waals surface area contributed by atoms with Gasteiger partial charge < -0.3 is 20.3 Å². The third-order valence-corrected chi connectivity index (χ3v) is 7.22. The Hall–Kier alpha value is -4.48. The summed E-state index contributed by atoms with van der Waals surface area (Å²) in [6, 6.07) is 17.5. The number of likely N-dealkylation sites (tertiary alicyclic amines) is 2. The Bertz CT molecular complexity index is 1510. The van der Waals surface area contributed by atoms with Gasteiger partial charge in [0.25, 0.3) is 0 Å².